The predicted octanol–water partition coefficient (Wildman–Crippen LogP) is 1.19. The molecule has 0 saturated carbocycles. The van der Waals surface area contributed by atoms with E-state index in [1.54, 1.807) is 30.1 Å². The molecule has 178 valence electrons. The van der Waals surface area contributed by atoms with Crippen LogP contribution in [0.25, 0.3) is 16.4 Å². The fourth-order valence-corrected chi connectivity index (χ4v) is 4.28. The van der Waals surface area contributed by atoms with E-state index in [0.717, 1.165) is 10.9 Å². The average molecular weight is 473 g/mol. The molecular weight excluding hydrogens is 448 g/mol. The summed E-state index contributed by atoms with van der Waals surface area (Å²) in [7, 11) is 1.69. The number of carbonyl (C=O) groups is 1. The molecule has 1 atom stereocenters. The number of nitrogen functional groups attached to an aromatic ring is 1. The van der Waals surface area contributed by atoms with Crippen LogP contribution in [-0.2, 0) is 20.0 Å². The Morgan fingerprint density at radius 2 is 2.06 bits per heavy atom. The van der Waals surface area contributed by atoms with Gasteiger partial charge in [0.25, 0.3) is 11.5 Å². The minimum Gasteiger partial charge on any atom is -0.381 e. The molecule has 0 fully saturated rings. The minimum absolute atomic E-state index is 0.0775. The zero-order valence-corrected chi connectivity index (χ0v) is 19.5. The molecule has 0 aliphatic carbocycles. The zero-order chi connectivity index (χ0) is 24.7. The Bertz CT molecular complexity index is 1630. The first-order valence-corrected chi connectivity index (χ1v) is 11.1. The highest BCUT2D eigenvalue weighted by molar-refractivity contribution is 6.04. The number of nitrogens with zero attached hydrogens (tertiary/aromatic N) is 8. The van der Waals surface area contributed by atoms with Gasteiger partial charge in [-0.25, -0.2) is 9.50 Å². The molecule has 0 radical (unpaired) electrons. The van der Waals surface area contributed by atoms with Gasteiger partial charge in [0.2, 0.25) is 0 Å². The third-order valence-corrected chi connectivity index (χ3v) is 5.93. The van der Waals surface area contributed by atoms with Crippen molar-refractivity contribution in [1.82, 2.24) is 44.7 Å². The van der Waals surface area contributed by atoms with Crippen molar-refractivity contribution in [3.8, 4) is 0 Å². The van der Waals surface area contributed by atoms with Crippen LogP contribution in [0.1, 0.15) is 40.4 Å². The van der Waals surface area contributed by atoms with Gasteiger partial charge in [-0.15, -0.1) is 15.3 Å². The number of hydrogen-bond acceptors (Lipinski definition) is 8. The van der Waals surface area contributed by atoms with E-state index < -0.39 is 11.9 Å². The summed E-state index contributed by atoms with van der Waals surface area (Å²) in [4.78, 5) is 32.4. The maximum absolute atomic E-state index is 13.6. The molecule has 12 nitrogen and oxygen atoms in total. The normalized spacial score (nSPS) is 12.3. The van der Waals surface area contributed by atoms with E-state index >= 15 is 0 Å². The molecule has 1 amide bonds. The van der Waals surface area contributed by atoms with Gasteiger partial charge < -0.3 is 15.6 Å². The molecule has 0 spiro atoms. The second kappa shape index (κ2) is 8.63. The number of aromatic nitrogens is 8. The molecular formula is C23H24N10O2. The van der Waals surface area contributed by atoms with Gasteiger partial charge in [0.15, 0.2) is 17.3 Å². The Morgan fingerprint density at radius 3 is 2.83 bits per heavy atom. The first kappa shape index (κ1) is 22.2. The Morgan fingerprint density at radius 1 is 1.23 bits per heavy atom. The number of hydrogen-bond donors (Lipinski definition) is 2. The van der Waals surface area contributed by atoms with Gasteiger partial charge >= 0.3 is 0 Å². The number of amides is 1. The maximum Gasteiger partial charge on any atom is 0.259 e. The fourth-order valence-electron chi connectivity index (χ4n) is 4.28. The number of fused-ring (bicyclic) bond motifs is 2. The highest BCUT2D eigenvalue weighted by Gasteiger charge is 2.23. The lowest BCUT2D eigenvalue weighted by Gasteiger charge is -2.21. The third kappa shape index (κ3) is 3.98. The molecule has 12 heteroatoms. The smallest absolute Gasteiger partial charge is 0.259 e. The molecule has 0 aliphatic heterocycles. The van der Waals surface area contributed by atoms with Crippen LogP contribution >= 0.6 is 0 Å². The second-order valence-corrected chi connectivity index (χ2v) is 8.35. The van der Waals surface area contributed by atoms with Crippen molar-refractivity contribution < 1.29 is 4.79 Å². The van der Waals surface area contributed by atoms with Crippen LogP contribution in [0.4, 0.5) is 5.82 Å². The summed E-state index contributed by atoms with van der Waals surface area (Å²) in [6, 6.07) is 8.81. The van der Waals surface area contributed by atoms with Crippen molar-refractivity contribution in [2.24, 2.45) is 7.05 Å². The van der Waals surface area contributed by atoms with E-state index in [1.807, 2.05) is 38.1 Å². The largest absolute Gasteiger partial charge is 0.381 e. The average Bonchev–Trinajstić information content (AvgIpc) is 3.39. The molecule has 0 bridgehead atoms. The van der Waals surface area contributed by atoms with Crippen molar-refractivity contribution >= 4 is 28.1 Å². The van der Waals surface area contributed by atoms with Crippen LogP contribution in [0.5, 0.6) is 0 Å². The number of nitrogens with one attached hydrogen (secondary N) is 1. The van der Waals surface area contributed by atoms with Crippen molar-refractivity contribution in [3.05, 3.63) is 75.7 Å². The monoisotopic (exact) mass is 472 g/mol. The zero-order valence-electron chi connectivity index (χ0n) is 19.5. The Labute approximate surface area is 199 Å². The highest BCUT2D eigenvalue weighted by Crippen LogP contribution is 2.22. The van der Waals surface area contributed by atoms with Crippen LogP contribution < -0.4 is 16.6 Å². The van der Waals surface area contributed by atoms with E-state index in [0.29, 0.717) is 35.5 Å². The molecule has 0 saturated heterocycles. The second-order valence-electron chi connectivity index (χ2n) is 8.35. The summed E-state index contributed by atoms with van der Waals surface area (Å²) in [5.41, 5.74) is 7.95. The summed E-state index contributed by atoms with van der Waals surface area (Å²) >= 11 is 0. The lowest BCUT2D eigenvalue weighted by Crippen LogP contribution is -2.33. The van der Waals surface area contributed by atoms with Gasteiger partial charge in [-0.1, -0.05) is 18.2 Å². The van der Waals surface area contributed by atoms with Gasteiger partial charge in [0, 0.05) is 31.1 Å². The van der Waals surface area contributed by atoms with Gasteiger partial charge in [0.1, 0.15) is 5.56 Å². The first-order valence-electron chi connectivity index (χ1n) is 11.1. The number of carbonyl (C=O) groups excluding carboxylic acids is 1. The summed E-state index contributed by atoms with van der Waals surface area (Å²) in [6.07, 6.45) is 3.65. The molecule has 4 heterocycles. The maximum atomic E-state index is 13.6. The first-order chi connectivity index (χ1) is 16.8. The molecule has 5 rings (SSSR count). The molecule has 5 aromatic rings. The number of pyridine rings is 1. The van der Waals surface area contributed by atoms with Gasteiger partial charge in [-0.3, -0.25) is 9.59 Å². The van der Waals surface area contributed by atoms with Crippen LogP contribution in [0.15, 0.2) is 47.5 Å². The van der Waals surface area contributed by atoms with Gasteiger partial charge in [-0.05, 0) is 42.1 Å². The molecule has 0 aliphatic rings. The van der Waals surface area contributed by atoms with E-state index in [-0.39, 0.29) is 16.9 Å². The van der Waals surface area contributed by atoms with Crippen LogP contribution in [-0.4, -0.2) is 45.3 Å². The van der Waals surface area contributed by atoms with E-state index in [1.165, 1.54) is 9.31 Å². The minimum atomic E-state index is -0.520. The predicted molar refractivity (Wildman–Crippen MR) is 129 cm³/mol. The Hall–Kier alpha value is -4.61. The van der Waals surface area contributed by atoms with E-state index in [4.69, 9.17) is 5.73 Å². The molecule has 0 unspecified atom stereocenters. The van der Waals surface area contributed by atoms with Crippen LogP contribution in [0.2, 0.25) is 0 Å². The lowest BCUT2D eigenvalue weighted by molar-refractivity contribution is 0.0940. The number of rotatable bonds is 6. The third-order valence-electron chi connectivity index (χ3n) is 5.93. The van der Waals surface area contributed by atoms with E-state index in [9.17, 15) is 9.59 Å². The molecule has 4 aromatic heterocycles. The molecule has 1 aromatic carbocycles. The molecule has 35 heavy (non-hydrogen) atoms. The van der Waals surface area contributed by atoms with Crippen LogP contribution in [0.3, 0.4) is 0 Å². The summed E-state index contributed by atoms with van der Waals surface area (Å²) in [6.45, 7) is 4.05. The van der Waals surface area contributed by atoms with Crippen molar-refractivity contribution in [1.29, 1.82) is 0 Å². The standard InChI is InChI=1S/C23H24N10O2/c1-13-6-4-7-15-12-16(32(23(35)18(13)15)11-8-17-27-30-31(3)28-17)14(2)26-22(34)19-20(24)29-33-10-5-9-25-21(19)33/h4-7,9-10,12,14H,8,11H2,1-3H3,(H2,24,29)(H,26,34)/t14-/m0/s1. The van der Waals surface area contributed by atoms with Crippen molar-refractivity contribution in [3.63, 3.8) is 0 Å². The summed E-state index contributed by atoms with van der Waals surface area (Å²) < 4.78 is 3.12. The fraction of sp³-hybridized carbons (Fsp3) is 0.261. The summed E-state index contributed by atoms with van der Waals surface area (Å²) in [5, 5.41) is 20.6. The number of nitrogens with two attached hydrogens (primary N) is 1. The number of anilines is 1. The highest BCUT2D eigenvalue weighted by atomic mass is 16.2. The van der Waals surface area contributed by atoms with Crippen molar-refractivity contribution in [2.45, 2.75) is 32.9 Å². The van der Waals surface area contributed by atoms with Crippen LogP contribution in [0, 0.1) is 6.92 Å². The number of tetrazole rings is 1. The van der Waals surface area contributed by atoms with Gasteiger partial charge in [0.05, 0.1) is 18.5 Å². The SMILES string of the molecule is Cc1cccc2cc([C@H](C)NC(=O)c3c(N)nn4cccnc34)n(CCc3nnn(C)n3)c(=O)c12. The van der Waals surface area contributed by atoms with Crippen molar-refractivity contribution in [2.75, 3.05) is 5.73 Å². The van der Waals surface area contributed by atoms with E-state index in [2.05, 4.69) is 30.8 Å². The number of aryl methyl sites for hydroxylation is 3. The Balaban J connectivity index is 1.54. The lowest BCUT2D eigenvalue weighted by atomic mass is 10.0. The topological polar surface area (TPSA) is 151 Å². The quantitative estimate of drug-likeness (QED) is 0.374. The molecule has 3 N–H and O–H groups in total. The number of benzene rings is 1. The summed E-state index contributed by atoms with van der Waals surface area (Å²) in [5.74, 6) is 0.174. The van der Waals surface area contributed by atoms with Gasteiger partial charge in [-0.2, -0.15) is 4.80 Å². The Kier molecular flexibility index (Phi) is 5.47.